The maximum absolute atomic E-state index is 5.69. The fourth-order valence-electron chi connectivity index (χ4n) is 1.02. The van der Waals surface area contributed by atoms with E-state index in [1.165, 1.54) is 11.8 Å². The first kappa shape index (κ1) is 13.8. The molecule has 0 unspecified atom stereocenters. The minimum Gasteiger partial charge on any atom is -0.297 e. The highest BCUT2D eigenvalue weighted by atomic mass is 35.5. The van der Waals surface area contributed by atoms with Crippen molar-refractivity contribution >= 4 is 28.4 Å². The van der Waals surface area contributed by atoms with Gasteiger partial charge in [0, 0.05) is 23.8 Å². The van der Waals surface area contributed by atoms with Crippen LogP contribution in [0.15, 0.2) is 41.3 Å². The van der Waals surface area contributed by atoms with E-state index in [2.05, 4.69) is 27.8 Å². The molecule has 0 aliphatic rings. The highest BCUT2D eigenvalue weighted by molar-refractivity contribution is 8.14. The standard InChI is InChI=1S/C12H12ClN3S/c1-3-6-15-9-17-12(16-10(2)13)11-5-4-7-14-8-11/h1,4-5,7-8,15H,2,6,9H2/b16-12-. The van der Waals surface area contributed by atoms with E-state index in [1.807, 2.05) is 12.1 Å². The Morgan fingerprint density at radius 1 is 1.71 bits per heavy atom. The van der Waals surface area contributed by atoms with E-state index in [0.29, 0.717) is 12.4 Å². The fourth-order valence-corrected chi connectivity index (χ4v) is 1.96. The number of halogens is 1. The van der Waals surface area contributed by atoms with Crippen LogP contribution in [-0.4, -0.2) is 22.4 Å². The van der Waals surface area contributed by atoms with Crippen LogP contribution in [0.4, 0.5) is 0 Å². The summed E-state index contributed by atoms with van der Waals surface area (Å²) in [5.41, 5.74) is 0.904. The third-order valence-corrected chi connectivity index (χ3v) is 2.70. The molecule has 0 atom stereocenters. The zero-order valence-electron chi connectivity index (χ0n) is 9.19. The minimum absolute atomic E-state index is 0.244. The second-order valence-electron chi connectivity index (χ2n) is 2.95. The van der Waals surface area contributed by atoms with Crippen LogP contribution >= 0.6 is 23.4 Å². The largest absolute Gasteiger partial charge is 0.297 e. The summed E-state index contributed by atoms with van der Waals surface area (Å²) in [6.07, 6.45) is 8.58. The molecular formula is C12H12ClN3S. The zero-order chi connectivity index (χ0) is 12.5. The molecule has 0 fully saturated rings. The molecule has 17 heavy (non-hydrogen) atoms. The van der Waals surface area contributed by atoms with Gasteiger partial charge in [-0.05, 0) is 12.1 Å². The van der Waals surface area contributed by atoms with Crippen LogP contribution in [0.3, 0.4) is 0 Å². The molecule has 1 heterocycles. The summed E-state index contributed by atoms with van der Waals surface area (Å²) in [6, 6.07) is 3.76. The average Bonchev–Trinajstić information content (AvgIpc) is 2.34. The molecule has 0 saturated heterocycles. The number of hydrogen-bond donors (Lipinski definition) is 1. The van der Waals surface area contributed by atoms with Crippen molar-refractivity contribution in [2.45, 2.75) is 0 Å². The number of hydrogen-bond acceptors (Lipinski definition) is 4. The van der Waals surface area contributed by atoms with Gasteiger partial charge in [0.25, 0.3) is 0 Å². The van der Waals surface area contributed by atoms with E-state index in [9.17, 15) is 0 Å². The van der Waals surface area contributed by atoms with Crippen LogP contribution < -0.4 is 5.32 Å². The van der Waals surface area contributed by atoms with Gasteiger partial charge in [-0.1, -0.05) is 35.9 Å². The van der Waals surface area contributed by atoms with Gasteiger partial charge in [-0.3, -0.25) is 10.3 Å². The molecule has 0 aliphatic heterocycles. The molecule has 1 rings (SSSR count). The second-order valence-corrected chi connectivity index (χ2v) is 4.35. The van der Waals surface area contributed by atoms with Gasteiger partial charge in [0.1, 0.15) is 10.2 Å². The van der Waals surface area contributed by atoms with Gasteiger partial charge < -0.3 is 0 Å². The van der Waals surface area contributed by atoms with Crippen molar-refractivity contribution in [2.75, 3.05) is 12.4 Å². The van der Waals surface area contributed by atoms with Crippen LogP contribution in [0.25, 0.3) is 0 Å². The number of rotatable bonds is 5. The molecule has 1 aromatic heterocycles. The summed E-state index contributed by atoms with van der Waals surface area (Å²) in [4.78, 5) is 8.20. The summed E-state index contributed by atoms with van der Waals surface area (Å²) in [6.45, 7) is 4.08. The van der Waals surface area contributed by atoms with Gasteiger partial charge >= 0.3 is 0 Å². The average molecular weight is 266 g/mol. The molecule has 0 spiro atoms. The molecular weight excluding hydrogens is 254 g/mol. The Bertz CT molecular complexity index is 437. The van der Waals surface area contributed by atoms with Crippen molar-refractivity contribution in [2.24, 2.45) is 4.99 Å². The Balaban J connectivity index is 2.70. The molecule has 0 aromatic carbocycles. The van der Waals surface area contributed by atoms with Crippen molar-refractivity contribution < 1.29 is 0 Å². The summed E-state index contributed by atoms with van der Waals surface area (Å²) in [7, 11) is 0. The van der Waals surface area contributed by atoms with Gasteiger partial charge in [0.05, 0.1) is 6.54 Å². The van der Waals surface area contributed by atoms with Gasteiger partial charge in [-0.15, -0.1) is 6.42 Å². The molecule has 1 aromatic rings. The van der Waals surface area contributed by atoms with Crippen molar-refractivity contribution in [3.63, 3.8) is 0 Å². The maximum Gasteiger partial charge on any atom is 0.123 e. The third-order valence-electron chi connectivity index (χ3n) is 1.67. The number of terminal acetylenes is 1. The Morgan fingerprint density at radius 3 is 3.12 bits per heavy atom. The molecule has 1 N–H and O–H groups in total. The first-order chi connectivity index (χ1) is 8.24. The topological polar surface area (TPSA) is 37.3 Å². The second kappa shape index (κ2) is 7.91. The van der Waals surface area contributed by atoms with Gasteiger partial charge in [-0.25, -0.2) is 4.99 Å². The Hall–Kier alpha value is -1.28. The zero-order valence-corrected chi connectivity index (χ0v) is 10.8. The molecule has 0 aliphatic carbocycles. The van der Waals surface area contributed by atoms with E-state index in [4.69, 9.17) is 18.0 Å². The van der Waals surface area contributed by atoms with Crippen molar-refractivity contribution in [1.82, 2.24) is 10.3 Å². The third kappa shape index (κ3) is 5.55. The van der Waals surface area contributed by atoms with E-state index in [1.54, 1.807) is 12.4 Å². The SMILES string of the molecule is C#CCNCS/C(=N\C(=C)Cl)c1cccnc1. The van der Waals surface area contributed by atoms with E-state index >= 15 is 0 Å². The van der Waals surface area contributed by atoms with Crippen LogP contribution in [0.1, 0.15) is 5.56 Å². The fraction of sp³-hybridized carbons (Fsp3) is 0.167. The van der Waals surface area contributed by atoms with Gasteiger partial charge in [0.15, 0.2) is 0 Å². The quantitative estimate of drug-likeness (QED) is 0.222. The van der Waals surface area contributed by atoms with Crippen LogP contribution in [0, 0.1) is 12.3 Å². The number of nitrogens with one attached hydrogen (secondary N) is 1. The lowest BCUT2D eigenvalue weighted by molar-refractivity contribution is 0.911. The molecule has 3 nitrogen and oxygen atoms in total. The summed E-state index contributed by atoms with van der Waals surface area (Å²) in [5.74, 6) is 3.16. The lowest BCUT2D eigenvalue weighted by atomic mass is 10.3. The lowest BCUT2D eigenvalue weighted by Crippen LogP contribution is -2.14. The molecule has 88 valence electrons. The van der Waals surface area contributed by atoms with Crippen molar-refractivity contribution in [3.8, 4) is 12.3 Å². The van der Waals surface area contributed by atoms with Crippen LogP contribution in [0.2, 0.25) is 0 Å². The van der Waals surface area contributed by atoms with Crippen molar-refractivity contribution in [1.29, 1.82) is 0 Å². The number of nitrogens with zero attached hydrogens (tertiary/aromatic N) is 2. The summed E-state index contributed by atoms with van der Waals surface area (Å²) < 4.78 is 0. The molecule has 0 amide bonds. The summed E-state index contributed by atoms with van der Waals surface area (Å²) >= 11 is 7.20. The van der Waals surface area contributed by atoms with E-state index < -0.39 is 0 Å². The lowest BCUT2D eigenvalue weighted by Gasteiger charge is -2.05. The maximum atomic E-state index is 5.69. The normalized spacial score (nSPS) is 10.9. The highest BCUT2D eigenvalue weighted by Gasteiger charge is 2.04. The predicted molar refractivity (Wildman–Crippen MR) is 75.1 cm³/mol. The molecule has 5 heteroatoms. The Kier molecular flexibility index (Phi) is 6.41. The number of aliphatic imine (C=N–C) groups is 1. The molecule has 0 bridgehead atoms. The Labute approximate surface area is 110 Å². The smallest absolute Gasteiger partial charge is 0.123 e. The molecule has 0 radical (unpaired) electrons. The van der Waals surface area contributed by atoms with Gasteiger partial charge in [-0.2, -0.15) is 0 Å². The minimum atomic E-state index is 0.244. The summed E-state index contributed by atoms with van der Waals surface area (Å²) in [5, 5.41) is 4.07. The first-order valence-electron chi connectivity index (χ1n) is 4.84. The predicted octanol–water partition coefficient (Wildman–Crippen LogP) is 2.45. The van der Waals surface area contributed by atoms with Crippen molar-refractivity contribution in [3.05, 3.63) is 41.8 Å². The number of aromatic nitrogens is 1. The number of pyridine rings is 1. The number of thioether (sulfide) groups is 1. The Morgan fingerprint density at radius 2 is 2.53 bits per heavy atom. The first-order valence-corrected chi connectivity index (χ1v) is 6.21. The highest BCUT2D eigenvalue weighted by Crippen LogP contribution is 2.15. The van der Waals surface area contributed by atoms with Crippen LogP contribution in [-0.2, 0) is 0 Å². The van der Waals surface area contributed by atoms with Gasteiger partial charge in [0.2, 0.25) is 0 Å². The van der Waals surface area contributed by atoms with Crippen LogP contribution in [0.5, 0.6) is 0 Å². The van der Waals surface area contributed by atoms with E-state index in [0.717, 1.165) is 10.6 Å². The van der Waals surface area contributed by atoms with E-state index in [-0.39, 0.29) is 5.16 Å². The monoisotopic (exact) mass is 265 g/mol. The molecule has 0 saturated carbocycles.